The molecule has 2 aliphatic heterocycles. The first-order chi connectivity index (χ1) is 21.1. The maximum absolute atomic E-state index is 14.5. The van der Waals surface area contributed by atoms with Crippen molar-refractivity contribution in [3.05, 3.63) is 71.3 Å². The van der Waals surface area contributed by atoms with Crippen molar-refractivity contribution in [2.45, 2.75) is 76.3 Å². The number of ketones is 1. The van der Waals surface area contributed by atoms with Gasteiger partial charge in [-0.2, -0.15) is 0 Å². The number of aromatic amines is 2. The molecule has 4 aliphatic rings. The molecule has 3 fully saturated rings. The summed E-state index contributed by atoms with van der Waals surface area (Å²) < 4.78 is 0. The van der Waals surface area contributed by atoms with E-state index in [0.717, 1.165) is 114 Å². The predicted molar refractivity (Wildman–Crippen MR) is 170 cm³/mol. The first kappa shape index (κ1) is 25.7. The van der Waals surface area contributed by atoms with Gasteiger partial charge in [0.05, 0.1) is 34.2 Å². The Morgan fingerprint density at radius 1 is 0.674 bits per heavy atom. The van der Waals surface area contributed by atoms with E-state index >= 15 is 0 Å². The Morgan fingerprint density at radius 3 is 1.84 bits per heavy atom. The van der Waals surface area contributed by atoms with Gasteiger partial charge in [0.25, 0.3) is 0 Å². The van der Waals surface area contributed by atoms with Gasteiger partial charge in [0, 0.05) is 11.0 Å². The van der Waals surface area contributed by atoms with E-state index in [4.69, 9.17) is 9.97 Å². The Balaban J connectivity index is 1.16. The van der Waals surface area contributed by atoms with Gasteiger partial charge in [-0.3, -0.25) is 4.79 Å². The summed E-state index contributed by atoms with van der Waals surface area (Å²) in [6.07, 6.45) is 10.9. The number of carbonyl (C=O) groups is 1. The molecule has 3 aromatic carbocycles. The minimum atomic E-state index is -0.260. The molecule has 0 unspecified atom stereocenters. The number of benzene rings is 3. The Morgan fingerprint density at radius 2 is 1.26 bits per heavy atom. The number of H-pyrrole nitrogens is 2. The lowest BCUT2D eigenvalue weighted by molar-refractivity contribution is 0.0748. The van der Waals surface area contributed by atoms with Crippen LogP contribution in [0.15, 0.2) is 48.5 Å². The van der Waals surface area contributed by atoms with Gasteiger partial charge in [-0.05, 0) is 110 Å². The lowest BCUT2D eigenvalue weighted by Crippen LogP contribution is -2.30. The van der Waals surface area contributed by atoms with Gasteiger partial charge < -0.3 is 20.6 Å². The number of nitrogens with zero attached hydrogens (tertiary/aromatic N) is 2. The molecule has 43 heavy (non-hydrogen) atoms. The summed E-state index contributed by atoms with van der Waals surface area (Å²) >= 11 is 0. The number of hydrogen-bond donors (Lipinski definition) is 4. The maximum atomic E-state index is 14.5. The molecule has 9 rings (SSSR count). The monoisotopic (exact) mass is 570 g/mol. The Hall–Kier alpha value is -3.81. The molecule has 4 N–H and O–H groups in total. The summed E-state index contributed by atoms with van der Waals surface area (Å²) in [5.74, 6) is 2.41. The van der Waals surface area contributed by atoms with Crippen molar-refractivity contribution in [2.24, 2.45) is 5.41 Å². The molecule has 0 amide bonds. The van der Waals surface area contributed by atoms with Crippen LogP contribution in [0, 0.1) is 5.41 Å². The van der Waals surface area contributed by atoms with Crippen LogP contribution in [0.25, 0.3) is 44.3 Å². The second kappa shape index (κ2) is 9.86. The van der Waals surface area contributed by atoms with Crippen molar-refractivity contribution < 1.29 is 4.79 Å². The average molecular weight is 571 g/mol. The van der Waals surface area contributed by atoms with Crippen molar-refractivity contribution in [1.82, 2.24) is 30.6 Å². The van der Waals surface area contributed by atoms with Crippen LogP contribution < -0.4 is 10.6 Å². The molecule has 218 valence electrons. The number of Topliss-reactive ketones (excluding diaryl/α,β-unsaturated/α-hetero) is 1. The van der Waals surface area contributed by atoms with Crippen LogP contribution in [0.3, 0.4) is 0 Å². The molecule has 1 spiro atoms. The lowest BCUT2D eigenvalue weighted by Gasteiger charge is -2.31. The van der Waals surface area contributed by atoms with Crippen LogP contribution >= 0.6 is 0 Å². The molecule has 2 saturated heterocycles. The standard InChI is InChI=1S/C36H38N6O/c43-33-32-24(22-9-13-27-31(19-22)42-35(40-27)29-7-5-17-38-29)11-10-23(25(32)20-36(33)14-2-1-3-15-36)21-8-12-26-30(18-21)41-34(39-26)28-6-4-16-37-28/h8-13,18-19,28-29,37-38H,1-7,14-17,20H2,(H,39,41)(H,40,42)/t28-,29-/m0/s1. The minimum Gasteiger partial charge on any atom is -0.341 e. The fourth-order valence-corrected chi connectivity index (χ4v) is 8.48. The van der Waals surface area contributed by atoms with Gasteiger partial charge in [-0.1, -0.05) is 43.5 Å². The summed E-state index contributed by atoms with van der Waals surface area (Å²) in [4.78, 5) is 31.5. The Kier molecular flexibility index (Phi) is 5.89. The average Bonchev–Trinajstić information content (AvgIpc) is 3.87. The van der Waals surface area contributed by atoms with Crippen LogP contribution in [-0.4, -0.2) is 38.8 Å². The van der Waals surface area contributed by atoms with Crippen molar-refractivity contribution in [1.29, 1.82) is 0 Å². The number of rotatable bonds is 4. The maximum Gasteiger partial charge on any atom is 0.170 e. The first-order valence-corrected chi connectivity index (χ1v) is 16.3. The third-order valence-electron chi connectivity index (χ3n) is 10.8. The van der Waals surface area contributed by atoms with E-state index < -0.39 is 0 Å². The van der Waals surface area contributed by atoms with Crippen LogP contribution in [0.5, 0.6) is 0 Å². The van der Waals surface area contributed by atoms with Crippen molar-refractivity contribution in [3.63, 3.8) is 0 Å². The Labute approximate surface area is 251 Å². The molecule has 1 saturated carbocycles. The molecule has 4 heterocycles. The highest BCUT2D eigenvalue weighted by Crippen LogP contribution is 2.52. The normalized spacial score (nSPS) is 23.2. The van der Waals surface area contributed by atoms with Crippen molar-refractivity contribution >= 4 is 27.9 Å². The zero-order valence-corrected chi connectivity index (χ0v) is 24.6. The molecular formula is C36H38N6O. The molecule has 0 bridgehead atoms. The highest BCUT2D eigenvalue weighted by atomic mass is 16.1. The number of aromatic nitrogens is 4. The second-order valence-electron chi connectivity index (χ2n) is 13.4. The van der Waals surface area contributed by atoms with E-state index in [0.29, 0.717) is 17.9 Å². The molecule has 7 heteroatoms. The van der Waals surface area contributed by atoms with Gasteiger partial charge in [0.2, 0.25) is 0 Å². The molecule has 2 atom stereocenters. The van der Waals surface area contributed by atoms with E-state index in [-0.39, 0.29) is 5.41 Å². The zero-order chi connectivity index (χ0) is 28.5. The van der Waals surface area contributed by atoms with Gasteiger partial charge >= 0.3 is 0 Å². The molecule has 0 radical (unpaired) electrons. The van der Waals surface area contributed by atoms with E-state index in [1.807, 2.05) is 0 Å². The SMILES string of the molecule is O=C1c2c(-c3ccc4nc([C@@H]5CCCN5)[nH]c4c3)ccc(-c3ccc4nc([C@@H]5CCCN5)[nH]c4c3)c2CC12CCCCC2. The van der Waals surface area contributed by atoms with Crippen molar-refractivity contribution in [3.8, 4) is 22.3 Å². The van der Waals surface area contributed by atoms with E-state index in [1.54, 1.807) is 0 Å². The number of hydrogen-bond acceptors (Lipinski definition) is 5. The molecule has 7 nitrogen and oxygen atoms in total. The lowest BCUT2D eigenvalue weighted by atomic mass is 9.71. The summed E-state index contributed by atoms with van der Waals surface area (Å²) in [5, 5.41) is 7.11. The fourth-order valence-electron chi connectivity index (χ4n) is 8.48. The van der Waals surface area contributed by atoms with E-state index in [9.17, 15) is 4.79 Å². The summed E-state index contributed by atoms with van der Waals surface area (Å²) in [5.41, 5.74) is 10.5. The van der Waals surface area contributed by atoms with Crippen LogP contribution in [0.1, 0.15) is 97.4 Å². The smallest absolute Gasteiger partial charge is 0.170 e. The van der Waals surface area contributed by atoms with Gasteiger partial charge in [-0.15, -0.1) is 0 Å². The number of nitrogens with one attached hydrogen (secondary N) is 4. The summed E-state index contributed by atoms with van der Waals surface area (Å²) in [6, 6.07) is 18.1. The van der Waals surface area contributed by atoms with Gasteiger partial charge in [0.15, 0.2) is 5.78 Å². The van der Waals surface area contributed by atoms with E-state index in [1.165, 1.54) is 30.4 Å². The van der Waals surface area contributed by atoms with Crippen molar-refractivity contribution in [2.75, 3.05) is 13.1 Å². The largest absolute Gasteiger partial charge is 0.341 e. The topological polar surface area (TPSA) is 98.5 Å². The van der Waals surface area contributed by atoms with Crippen LogP contribution in [0.2, 0.25) is 0 Å². The number of imidazole rings is 2. The second-order valence-corrected chi connectivity index (χ2v) is 13.4. The van der Waals surface area contributed by atoms with Crippen LogP contribution in [0.4, 0.5) is 0 Å². The van der Waals surface area contributed by atoms with Gasteiger partial charge in [0.1, 0.15) is 11.6 Å². The number of fused-ring (bicyclic) bond motifs is 3. The molecular weight excluding hydrogens is 532 g/mol. The van der Waals surface area contributed by atoms with Crippen LogP contribution in [-0.2, 0) is 6.42 Å². The Bertz CT molecular complexity index is 1880. The highest BCUT2D eigenvalue weighted by Gasteiger charge is 2.47. The van der Waals surface area contributed by atoms with Gasteiger partial charge in [-0.25, -0.2) is 9.97 Å². The summed E-state index contributed by atoms with van der Waals surface area (Å²) in [7, 11) is 0. The third-order valence-corrected chi connectivity index (χ3v) is 10.8. The third kappa shape index (κ3) is 4.12. The summed E-state index contributed by atoms with van der Waals surface area (Å²) in [6.45, 7) is 2.09. The zero-order valence-electron chi connectivity index (χ0n) is 24.6. The predicted octanol–water partition coefficient (Wildman–Crippen LogP) is 7.31. The van der Waals surface area contributed by atoms with E-state index in [2.05, 4.69) is 69.1 Å². The molecule has 2 aromatic heterocycles. The number of carbonyl (C=O) groups excluding carboxylic acids is 1. The highest BCUT2D eigenvalue weighted by molar-refractivity contribution is 6.12. The quantitative estimate of drug-likeness (QED) is 0.182. The molecule has 5 aromatic rings. The molecule has 2 aliphatic carbocycles. The first-order valence-electron chi connectivity index (χ1n) is 16.3. The fraction of sp³-hybridized carbons (Fsp3) is 0.417. The minimum absolute atomic E-state index is 0.260.